The summed E-state index contributed by atoms with van der Waals surface area (Å²) in [6, 6.07) is 0. The number of carbonyl (C=O) groups is 6. The molecule has 33 heavy (non-hydrogen) atoms. The molecule has 0 amide bonds. The fourth-order valence-electron chi connectivity index (χ4n) is 1.90. The Kier molecular flexibility index (Phi) is 14.0. The van der Waals surface area contributed by atoms with Crippen LogP contribution < -0.4 is 0 Å². The topological polar surface area (TPSA) is 139 Å². The van der Waals surface area contributed by atoms with Gasteiger partial charge in [-0.15, -0.1) is 0 Å². The molecule has 0 aromatic rings. The van der Waals surface area contributed by atoms with Crippen LogP contribution in [-0.2, 0) is 38.1 Å². The Morgan fingerprint density at radius 3 is 1.64 bits per heavy atom. The Morgan fingerprint density at radius 1 is 0.758 bits per heavy atom. The van der Waals surface area contributed by atoms with Gasteiger partial charge in [-0.1, -0.05) is 27.7 Å². The van der Waals surface area contributed by atoms with E-state index in [0.29, 0.717) is 23.5 Å². The second-order valence-electron chi connectivity index (χ2n) is 8.12. The smallest absolute Gasteiger partial charge is 0.371 e. The van der Waals surface area contributed by atoms with Gasteiger partial charge in [-0.25, -0.2) is 9.59 Å². The summed E-state index contributed by atoms with van der Waals surface area (Å²) in [7, 11) is 0. The predicted octanol–water partition coefficient (Wildman–Crippen LogP) is 3.98. The molecule has 0 aliphatic heterocycles. The molecular formula is C21H32O10S2. The lowest BCUT2D eigenvalue weighted by Gasteiger charge is -2.23. The average molecular weight is 509 g/mol. The second-order valence-corrected chi connectivity index (χ2v) is 10.6. The van der Waals surface area contributed by atoms with Crippen LogP contribution in [0, 0.1) is 17.8 Å². The standard InChI is InChI=1S/C21H32O10S2/c1-12(2)17(24)28-10-30-19(26)32-9-15(14(5)22)8-16(23)21(6,7)33-20(27)31-11-29-18(25)13(3)4/h12-13,15H,8-11H2,1-7H3/t15-/m0/s1. The summed E-state index contributed by atoms with van der Waals surface area (Å²) in [6.07, 6.45) is -0.201. The molecule has 0 saturated heterocycles. The number of ether oxygens (including phenoxy) is 4. The van der Waals surface area contributed by atoms with Gasteiger partial charge in [0.1, 0.15) is 11.6 Å². The molecule has 0 heterocycles. The largest absolute Gasteiger partial charge is 0.428 e. The highest BCUT2D eigenvalue weighted by Crippen LogP contribution is 2.30. The van der Waals surface area contributed by atoms with Gasteiger partial charge in [0.05, 0.1) is 16.6 Å². The lowest BCUT2D eigenvalue weighted by molar-refractivity contribution is -0.156. The van der Waals surface area contributed by atoms with Crippen LogP contribution in [0.5, 0.6) is 0 Å². The first-order valence-electron chi connectivity index (χ1n) is 10.2. The van der Waals surface area contributed by atoms with Crippen LogP contribution in [0.4, 0.5) is 9.59 Å². The molecule has 0 saturated carbocycles. The van der Waals surface area contributed by atoms with Crippen molar-refractivity contribution in [2.24, 2.45) is 17.8 Å². The maximum Gasteiger partial charge on any atom is 0.371 e. The zero-order valence-electron chi connectivity index (χ0n) is 20.0. The summed E-state index contributed by atoms with van der Waals surface area (Å²) in [6.45, 7) is 9.73. The maximum atomic E-state index is 12.7. The number of ketones is 2. The van der Waals surface area contributed by atoms with E-state index in [0.717, 1.165) is 0 Å². The fourth-order valence-corrected chi connectivity index (χ4v) is 3.44. The predicted molar refractivity (Wildman–Crippen MR) is 122 cm³/mol. The molecule has 10 nitrogen and oxygen atoms in total. The van der Waals surface area contributed by atoms with E-state index in [1.54, 1.807) is 27.7 Å². The molecule has 0 rings (SSSR count). The number of hydrogen-bond donors (Lipinski definition) is 0. The zero-order chi connectivity index (χ0) is 25.8. The van der Waals surface area contributed by atoms with Gasteiger partial charge >= 0.3 is 22.5 Å². The van der Waals surface area contributed by atoms with Gasteiger partial charge < -0.3 is 18.9 Å². The summed E-state index contributed by atoms with van der Waals surface area (Å²) in [5, 5.41) is -1.56. The van der Waals surface area contributed by atoms with Crippen molar-refractivity contribution in [1.82, 2.24) is 0 Å². The Labute approximate surface area is 202 Å². The summed E-state index contributed by atoms with van der Waals surface area (Å²) < 4.78 is 17.9. The molecule has 0 bridgehead atoms. The van der Waals surface area contributed by atoms with Crippen molar-refractivity contribution < 1.29 is 47.7 Å². The van der Waals surface area contributed by atoms with Gasteiger partial charge in [0.25, 0.3) is 0 Å². The number of Topliss-reactive ketones (excluding diaryl/α,β-unsaturated/α-hetero) is 2. The quantitative estimate of drug-likeness (QED) is 0.262. The van der Waals surface area contributed by atoms with Crippen molar-refractivity contribution >= 4 is 57.6 Å². The van der Waals surface area contributed by atoms with E-state index in [1.165, 1.54) is 20.8 Å². The first-order valence-corrected chi connectivity index (χ1v) is 12.0. The Bertz CT molecular complexity index is 731. The zero-order valence-corrected chi connectivity index (χ0v) is 21.6. The molecule has 0 fully saturated rings. The molecule has 0 N–H and O–H groups in total. The van der Waals surface area contributed by atoms with Gasteiger partial charge in [-0.3, -0.25) is 19.2 Å². The van der Waals surface area contributed by atoms with Crippen LogP contribution in [0.3, 0.4) is 0 Å². The number of rotatable bonds is 13. The normalized spacial score (nSPS) is 12.2. The van der Waals surface area contributed by atoms with Crippen molar-refractivity contribution in [3.63, 3.8) is 0 Å². The fraction of sp³-hybridized carbons (Fsp3) is 0.714. The van der Waals surface area contributed by atoms with E-state index < -0.39 is 52.6 Å². The van der Waals surface area contributed by atoms with E-state index in [-0.39, 0.29) is 29.8 Å². The molecule has 12 heteroatoms. The molecule has 188 valence electrons. The number of thioether (sulfide) groups is 2. The van der Waals surface area contributed by atoms with E-state index in [1.807, 2.05) is 0 Å². The summed E-state index contributed by atoms with van der Waals surface area (Å²) in [4.78, 5) is 71.1. The molecule has 0 aromatic carbocycles. The summed E-state index contributed by atoms with van der Waals surface area (Å²) >= 11 is 1.29. The van der Waals surface area contributed by atoms with Crippen LogP contribution in [0.25, 0.3) is 0 Å². The molecule has 0 radical (unpaired) electrons. The van der Waals surface area contributed by atoms with E-state index in [9.17, 15) is 28.8 Å². The van der Waals surface area contributed by atoms with E-state index in [2.05, 4.69) is 0 Å². The number of esters is 2. The highest BCUT2D eigenvalue weighted by Gasteiger charge is 2.35. The lowest BCUT2D eigenvalue weighted by Crippen LogP contribution is -2.33. The second kappa shape index (κ2) is 14.9. The third-order valence-corrected chi connectivity index (χ3v) is 6.06. The third-order valence-electron chi connectivity index (χ3n) is 4.12. The third kappa shape index (κ3) is 13.3. The SMILES string of the molecule is CC(=O)[C@H](CSC(=O)OCOC(=O)C(C)C)CC(=O)C(C)(C)SC(=O)OCOC(=O)C(C)C. The Balaban J connectivity index is 4.61. The Morgan fingerprint density at radius 2 is 1.21 bits per heavy atom. The molecule has 0 unspecified atom stereocenters. The molecule has 0 aliphatic carbocycles. The van der Waals surface area contributed by atoms with Crippen molar-refractivity contribution in [2.75, 3.05) is 19.3 Å². The number of carbonyl (C=O) groups excluding carboxylic acids is 6. The lowest BCUT2D eigenvalue weighted by atomic mass is 9.94. The molecular weight excluding hydrogens is 476 g/mol. The van der Waals surface area contributed by atoms with Crippen LogP contribution in [0.15, 0.2) is 0 Å². The highest BCUT2D eigenvalue weighted by molar-refractivity contribution is 8.15. The van der Waals surface area contributed by atoms with Gasteiger partial charge in [-0.05, 0) is 44.3 Å². The first kappa shape index (κ1) is 30.9. The van der Waals surface area contributed by atoms with Crippen molar-refractivity contribution in [3.05, 3.63) is 0 Å². The van der Waals surface area contributed by atoms with Crippen molar-refractivity contribution in [2.45, 2.75) is 59.6 Å². The minimum Gasteiger partial charge on any atom is -0.428 e. The minimum atomic E-state index is -1.22. The van der Waals surface area contributed by atoms with Crippen LogP contribution in [0.2, 0.25) is 0 Å². The summed E-state index contributed by atoms with van der Waals surface area (Å²) in [5.41, 5.74) is 0. The van der Waals surface area contributed by atoms with E-state index >= 15 is 0 Å². The Hall–Kier alpha value is -2.08. The molecule has 0 aromatic heterocycles. The summed E-state index contributed by atoms with van der Waals surface area (Å²) in [5.74, 6) is -3.29. The maximum absolute atomic E-state index is 12.7. The van der Waals surface area contributed by atoms with Crippen molar-refractivity contribution in [1.29, 1.82) is 0 Å². The van der Waals surface area contributed by atoms with Gasteiger partial charge in [0.15, 0.2) is 0 Å². The minimum absolute atomic E-state index is 0.0195. The van der Waals surface area contributed by atoms with Gasteiger partial charge in [0.2, 0.25) is 13.6 Å². The number of hydrogen-bond acceptors (Lipinski definition) is 12. The van der Waals surface area contributed by atoms with Gasteiger partial charge in [0, 0.05) is 18.1 Å². The van der Waals surface area contributed by atoms with Gasteiger partial charge in [-0.2, -0.15) is 0 Å². The van der Waals surface area contributed by atoms with Crippen molar-refractivity contribution in [3.8, 4) is 0 Å². The van der Waals surface area contributed by atoms with E-state index in [4.69, 9.17) is 18.9 Å². The molecule has 1 atom stereocenters. The first-order chi connectivity index (χ1) is 15.2. The van der Waals surface area contributed by atoms with Crippen LogP contribution >= 0.6 is 23.5 Å². The average Bonchev–Trinajstić information content (AvgIpc) is 2.69. The monoisotopic (exact) mass is 508 g/mol. The highest BCUT2D eigenvalue weighted by atomic mass is 32.2. The molecule has 0 spiro atoms. The van der Waals surface area contributed by atoms with Crippen LogP contribution in [0.1, 0.15) is 54.9 Å². The van der Waals surface area contributed by atoms with Crippen LogP contribution in [-0.4, -0.2) is 58.2 Å². The molecule has 0 aliphatic rings.